The minimum absolute atomic E-state index is 0.118. The van der Waals surface area contributed by atoms with Crippen LogP contribution in [0.15, 0.2) is 82.2 Å². The van der Waals surface area contributed by atoms with Gasteiger partial charge in [-0.2, -0.15) is 0 Å². The van der Waals surface area contributed by atoms with Gasteiger partial charge in [-0.25, -0.2) is 4.21 Å². The molecule has 0 amide bonds. The Balaban J connectivity index is 1.90. The maximum Gasteiger partial charge on any atom is 0.195 e. The lowest BCUT2D eigenvalue weighted by atomic mass is 10.0. The molecular formula is C21H18BrNO2S. The van der Waals surface area contributed by atoms with Gasteiger partial charge in [0.05, 0.1) is 10.6 Å². The first kappa shape index (κ1) is 18.5. The quantitative estimate of drug-likeness (QED) is 0.536. The number of benzene rings is 3. The van der Waals surface area contributed by atoms with Crippen LogP contribution in [0.1, 0.15) is 28.4 Å². The van der Waals surface area contributed by atoms with Gasteiger partial charge in [0.15, 0.2) is 5.78 Å². The van der Waals surface area contributed by atoms with Crippen LogP contribution in [0.2, 0.25) is 0 Å². The number of hydrogen-bond acceptors (Lipinski definition) is 2. The minimum Gasteiger partial charge on any atom is -0.300 e. The summed E-state index contributed by atoms with van der Waals surface area (Å²) < 4.78 is 16.5. The Morgan fingerprint density at radius 2 is 1.69 bits per heavy atom. The number of aryl methyl sites for hydroxylation is 1. The third kappa shape index (κ3) is 4.29. The van der Waals surface area contributed by atoms with Gasteiger partial charge in [0.1, 0.15) is 11.0 Å². The summed E-state index contributed by atoms with van der Waals surface area (Å²) >= 11 is 3.41. The summed E-state index contributed by atoms with van der Waals surface area (Å²) in [5, 5.41) is 0. The maximum atomic E-state index is 12.9. The summed E-state index contributed by atoms with van der Waals surface area (Å²) in [7, 11) is -1.45. The summed E-state index contributed by atoms with van der Waals surface area (Å²) in [5.41, 5.74) is 2.80. The first-order valence-corrected chi connectivity index (χ1v) is 10.2. The zero-order valence-electron chi connectivity index (χ0n) is 14.2. The lowest BCUT2D eigenvalue weighted by Gasteiger charge is -2.12. The van der Waals surface area contributed by atoms with Gasteiger partial charge in [0.25, 0.3) is 0 Å². The highest BCUT2D eigenvalue weighted by molar-refractivity contribution is 9.10. The van der Waals surface area contributed by atoms with Gasteiger partial charge in [-0.1, -0.05) is 65.3 Å². The largest absolute Gasteiger partial charge is 0.300 e. The van der Waals surface area contributed by atoms with Gasteiger partial charge in [-0.3, -0.25) is 4.79 Å². The van der Waals surface area contributed by atoms with Crippen molar-refractivity contribution in [1.29, 1.82) is 0 Å². The zero-order chi connectivity index (χ0) is 18.5. The highest BCUT2D eigenvalue weighted by atomic mass is 79.9. The fourth-order valence-corrected chi connectivity index (χ4v) is 3.79. The fourth-order valence-electron chi connectivity index (χ4n) is 2.55. The fraction of sp³-hybridized carbons (Fsp3) is 0.0952. The molecule has 0 fully saturated rings. The second-order valence-corrected chi connectivity index (χ2v) is 7.88. The molecule has 0 aromatic heterocycles. The number of nitrogens with one attached hydrogen (secondary N) is 1. The Bertz CT molecular complexity index is 940. The second kappa shape index (κ2) is 8.43. The van der Waals surface area contributed by atoms with Crippen molar-refractivity contribution in [3.63, 3.8) is 0 Å². The Morgan fingerprint density at radius 1 is 1.00 bits per heavy atom. The number of rotatable bonds is 6. The molecule has 5 heteroatoms. The minimum atomic E-state index is -1.45. The second-order valence-electron chi connectivity index (χ2n) is 5.75. The van der Waals surface area contributed by atoms with E-state index in [1.54, 1.807) is 24.3 Å². The zero-order valence-corrected chi connectivity index (χ0v) is 16.6. The van der Waals surface area contributed by atoms with Crippen LogP contribution in [0, 0.1) is 0 Å². The molecule has 0 spiro atoms. The summed E-state index contributed by atoms with van der Waals surface area (Å²) in [5.74, 6) is -0.118. The number of carbonyl (C=O) groups excluding carboxylic acids is 1. The molecule has 0 aliphatic carbocycles. The van der Waals surface area contributed by atoms with Crippen LogP contribution in [0.5, 0.6) is 0 Å². The molecule has 26 heavy (non-hydrogen) atoms. The maximum absolute atomic E-state index is 12.9. The van der Waals surface area contributed by atoms with E-state index in [-0.39, 0.29) is 5.78 Å². The smallest absolute Gasteiger partial charge is 0.195 e. The number of ketones is 1. The van der Waals surface area contributed by atoms with E-state index < -0.39 is 11.0 Å². The van der Waals surface area contributed by atoms with Crippen LogP contribution in [-0.4, -0.2) is 9.99 Å². The van der Waals surface area contributed by atoms with Crippen LogP contribution >= 0.6 is 15.9 Å². The summed E-state index contributed by atoms with van der Waals surface area (Å²) in [6, 6.07) is 22.0. The summed E-state index contributed by atoms with van der Waals surface area (Å²) in [4.78, 5) is 13.5. The Hall–Kier alpha value is -2.24. The summed E-state index contributed by atoms with van der Waals surface area (Å²) in [6.45, 7) is 2.08. The number of carbonyl (C=O) groups is 1. The first-order valence-electron chi connectivity index (χ1n) is 8.25. The number of halogens is 1. The van der Waals surface area contributed by atoms with Gasteiger partial charge in [0, 0.05) is 15.6 Å². The van der Waals surface area contributed by atoms with Gasteiger partial charge in [-0.05, 0) is 42.3 Å². The lowest BCUT2D eigenvalue weighted by Crippen LogP contribution is -2.10. The van der Waals surface area contributed by atoms with Crippen molar-refractivity contribution in [3.05, 3.63) is 94.0 Å². The van der Waals surface area contributed by atoms with Crippen LogP contribution in [0.25, 0.3) is 0 Å². The lowest BCUT2D eigenvalue weighted by molar-refractivity contribution is 0.103. The van der Waals surface area contributed by atoms with E-state index in [0.29, 0.717) is 21.7 Å². The average molecular weight is 428 g/mol. The summed E-state index contributed by atoms with van der Waals surface area (Å²) in [6.07, 6.45) is 0.933. The van der Waals surface area contributed by atoms with Crippen molar-refractivity contribution in [2.75, 3.05) is 4.72 Å². The predicted octanol–water partition coefficient (Wildman–Crippen LogP) is 5.38. The SMILES string of the molecule is CCc1ccc(S(=O)Nc2ccc(Br)cc2C(=O)c2ccccc2)cc1. The molecule has 1 atom stereocenters. The topological polar surface area (TPSA) is 46.2 Å². The highest BCUT2D eigenvalue weighted by Gasteiger charge is 2.16. The van der Waals surface area contributed by atoms with E-state index in [9.17, 15) is 9.00 Å². The van der Waals surface area contributed by atoms with E-state index >= 15 is 0 Å². The van der Waals surface area contributed by atoms with Crippen molar-refractivity contribution in [3.8, 4) is 0 Å². The van der Waals surface area contributed by atoms with Crippen molar-refractivity contribution in [2.24, 2.45) is 0 Å². The van der Waals surface area contributed by atoms with Crippen LogP contribution in [-0.2, 0) is 17.4 Å². The molecule has 0 radical (unpaired) electrons. The van der Waals surface area contributed by atoms with Crippen molar-refractivity contribution < 1.29 is 9.00 Å². The Morgan fingerprint density at radius 3 is 2.35 bits per heavy atom. The third-order valence-electron chi connectivity index (χ3n) is 4.01. The van der Waals surface area contributed by atoms with Crippen LogP contribution in [0.3, 0.4) is 0 Å². The molecule has 132 valence electrons. The van der Waals surface area contributed by atoms with Crippen molar-refractivity contribution in [1.82, 2.24) is 0 Å². The van der Waals surface area contributed by atoms with Gasteiger partial charge in [0.2, 0.25) is 0 Å². The van der Waals surface area contributed by atoms with Gasteiger partial charge in [-0.15, -0.1) is 0 Å². The normalized spacial score (nSPS) is 11.8. The highest BCUT2D eigenvalue weighted by Crippen LogP contribution is 2.25. The molecule has 3 nitrogen and oxygen atoms in total. The van der Waals surface area contributed by atoms with E-state index in [0.717, 1.165) is 10.9 Å². The van der Waals surface area contributed by atoms with Crippen LogP contribution < -0.4 is 4.72 Å². The number of anilines is 1. The van der Waals surface area contributed by atoms with Crippen molar-refractivity contribution >= 4 is 38.4 Å². The molecule has 3 aromatic rings. The van der Waals surface area contributed by atoms with Crippen LogP contribution in [0.4, 0.5) is 5.69 Å². The standard InChI is InChI=1S/C21H18BrNO2S/c1-2-15-8-11-18(12-9-15)26(25)23-20-13-10-17(22)14-19(20)21(24)16-6-4-3-5-7-16/h3-14,23H,2H2,1H3. The molecule has 1 unspecified atom stereocenters. The average Bonchev–Trinajstić information content (AvgIpc) is 2.69. The molecule has 0 saturated carbocycles. The molecule has 0 aliphatic rings. The molecule has 3 rings (SSSR count). The van der Waals surface area contributed by atoms with Gasteiger partial charge < -0.3 is 4.72 Å². The predicted molar refractivity (Wildman–Crippen MR) is 110 cm³/mol. The number of hydrogen-bond donors (Lipinski definition) is 1. The van der Waals surface area contributed by atoms with E-state index in [1.807, 2.05) is 48.5 Å². The monoisotopic (exact) mass is 427 g/mol. The molecule has 0 heterocycles. The molecule has 3 aromatic carbocycles. The molecule has 0 saturated heterocycles. The van der Waals surface area contributed by atoms with Gasteiger partial charge >= 0.3 is 0 Å². The van der Waals surface area contributed by atoms with E-state index in [2.05, 4.69) is 27.6 Å². The Kier molecular flexibility index (Phi) is 6.01. The Labute approximate surface area is 164 Å². The van der Waals surface area contributed by atoms with E-state index in [4.69, 9.17) is 0 Å². The first-order chi connectivity index (χ1) is 12.6. The molecular weight excluding hydrogens is 410 g/mol. The van der Waals surface area contributed by atoms with Crippen molar-refractivity contribution in [2.45, 2.75) is 18.2 Å². The molecule has 1 N–H and O–H groups in total. The molecule has 0 bridgehead atoms. The molecule has 0 aliphatic heterocycles. The third-order valence-corrected chi connectivity index (χ3v) is 5.61. The van der Waals surface area contributed by atoms with E-state index in [1.165, 1.54) is 5.56 Å².